The van der Waals surface area contributed by atoms with E-state index >= 15 is 0 Å². The SMILES string of the molecule is C=CCCCCCNc1ccccc1CC. The minimum atomic E-state index is 1.08. The third-order valence-electron chi connectivity index (χ3n) is 2.80. The van der Waals surface area contributed by atoms with Crippen LogP contribution in [0.15, 0.2) is 36.9 Å². The van der Waals surface area contributed by atoms with Gasteiger partial charge in [0, 0.05) is 12.2 Å². The van der Waals surface area contributed by atoms with Crippen LogP contribution in [0, 0.1) is 0 Å². The van der Waals surface area contributed by atoms with Gasteiger partial charge in [-0.25, -0.2) is 0 Å². The van der Waals surface area contributed by atoms with Gasteiger partial charge in [0.25, 0.3) is 0 Å². The van der Waals surface area contributed by atoms with Gasteiger partial charge in [0.15, 0.2) is 0 Å². The Morgan fingerprint density at radius 1 is 1.19 bits per heavy atom. The molecule has 0 aliphatic heterocycles. The summed E-state index contributed by atoms with van der Waals surface area (Å²) in [6, 6.07) is 8.57. The summed E-state index contributed by atoms with van der Waals surface area (Å²) in [5, 5.41) is 3.52. The summed E-state index contributed by atoms with van der Waals surface area (Å²) in [5.74, 6) is 0. The minimum Gasteiger partial charge on any atom is -0.385 e. The molecule has 1 rings (SSSR count). The van der Waals surface area contributed by atoms with Crippen molar-refractivity contribution in [3.63, 3.8) is 0 Å². The lowest BCUT2D eigenvalue weighted by Crippen LogP contribution is -2.03. The zero-order valence-electron chi connectivity index (χ0n) is 10.3. The fraction of sp³-hybridized carbons (Fsp3) is 0.467. The summed E-state index contributed by atoms with van der Waals surface area (Å²) in [7, 11) is 0. The smallest absolute Gasteiger partial charge is 0.0372 e. The Kier molecular flexibility index (Phi) is 6.39. The molecule has 1 aromatic rings. The fourth-order valence-electron chi connectivity index (χ4n) is 1.81. The normalized spacial score (nSPS) is 10.1. The van der Waals surface area contributed by atoms with E-state index in [-0.39, 0.29) is 0 Å². The molecular formula is C15H23N. The maximum Gasteiger partial charge on any atom is 0.0372 e. The molecule has 88 valence electrons. The molecule has 1 heteroatoms. The molecule has 0 saturated carbocycles. The van der Waals surface area contributed by atoms with Crippen LogP contribution in [0.25, 0.3) is 0 Å². The van der Waals surface area contributed by atoms with Crippen LogP contribution < -0.4 is 5.32 Å². The van der Waals surface area contributed by atoms with E-state index < -0.39 is 0 Å². The first-order chi connectivity index (χ1) is 7.88. The Labute approximate surface area is 99.6 Å². The van der Waals surface area contributed by atoms with Crippen molar-refractivity contribution in [1.82, 2.24) is 0 Å². The number of allylic oxidation sites excluding steroid dienone is 1. The van der Waals surface area contributed by atoms with Gasteiger partial charge in [-0.15, -0.1) is 6.58 Å². The molecular weight excluding hydrogens is 194 g/mol. The molecule has 0 fully saturated rings. The van der Waals surface area contributed by atoms with Crippen molar-refractivity contribution in [2.45, 2.75) is 39.0 Å². The number of aryl methyl sites for hydroxylation is 1. The average molecular weight is 217 g/mol. The lowest BCUT2D eigenvalue weighted by molar-refractivity contribution is 0.708. The zero-order chi connectivity index (χ0) is 11.6. The first-order valence-corrected chi connectivity index (χ1v) is 6.31. The lowest BCUT2D eigenvalue weighted by atomic mass is 10.1. The Bertz CT molecular complexity index is 304. The summed E-state index contributed by atoms with van der Waals surface area (Å²) >= 11 is 0. The second kappa shape index (κ2) is 7.98. The maximum absolute atomic E-state index is 3.73. The summed E-state index contributed by atoms with van der Waals surface area (Å²) in [4.78, 5) is 0. The quantitative estimate of drug-likeness (QED) is 0.502. The topological polar surface area (TPSA) is 12.0 Å². The monoisotopic (exact) mass is 217 g/mol. The molecule has 0 aliphatic rings. The van der Waals surface area contributed by atoms with E-state index in [0.29, 0.717) is 0 Å². The predicted octanol–water partition coefficient (Wildman–Crippen LogP) is 4.41. The van der Waals surface area contributed by atoms with Gasteiger partial charge in [-0.1, -0.05) is 37.6 Å². The van der Waals surface area contributed by atoms with Gasteiger partial charge in [-0.3, -0.25) is 0 Å². The second-order valence-electron chi connectivity index (χ2n) is 4.08. The summed E-state index contributed by atoms with van der Waals surface area (Å²) in [6.07, 6.45) is 8.03. The van der Waals surface area contributed by atoms with Crippen LogP contribution in [0.5, 0.6) is 0 Å². The molecule has 1 aromatic carbocycles. The lowest BCUT2D eigenvalue weighted by Gasteiger charge is -2.10. The van der Waals surface area contributed by atoms with E-state index in [0.717, 1.165) is 19.4 Å². The van der Waals surface area contributed by atoms with E-state index in [4.69, 9.17) is 0 Å². The van der Waals surface area contributed by atoms with Gasteiger partial charge in [0.05, 0.1) is 0 Å². The Hall–Kier alpha value is -1.24. The van der Waals surface area contributed by atoms with Gasteiger partial charge >= 0.3 is 0 Å². The highest BCUT2D eigenvalue weighted by Gasteiger charge is 1.97. The zero-order valence-corrected chi connectivity index (χ0v) is 10.3. The summed E-state index contributed by atoms with van der Waals surface area (Å²) < 4.78 is 0. The first-order valence-electron chi connectivity index (χ1n) is 6.31. The van der Waals surface area contributed by atoms with Gasteiger partial charge < -0.3 is 5.32 Å². The first kappa shape index (κ1) is 12.8. The molecule has 0 saturated heterocycles. The number of benzene rings is 1. The van der Waals surface area contributed by atoms with Crippen LogP contribution in [0.4, 0.5) is 5.69 Å². The van der Waals surface area contributed by atoms with Crippen LogP contribution in [0.3, 0.4) is 0 Å². The number of rotatable bonds is 8. The second-order valence-corrected chi connectivity index (χ2v) is 4.08. The highest BCUT2D eigenvalue weighted by atomic mass is 14.9. The Morgan fingerprint density at radius 3 is 2.75 bits per heavy atom. The third-order valence-corrected chi connectivity index (χ3v) is 2.80. The van der Waals surface area contributed by atoms with E-state index in [2.05, 4.69) is 43.1 Å². The van der Waals surface area contributed by atoms with E-state index in [1.807, 2.05) is 6.08 Å². The predicted molar refractivity (Wildman–Crippen MR) is 73.0 cm³/mol. The molecule has 0 unspecified atom stereocenters. The molecule has 1 N–H and O–H groups in total. The van der Waals surface area contributed by atoms with Crippen molar-refractivity contribution in [1.29, 1.82) is 0 Å². The Balaban J connectivity index is 2.23. The molecule has 0 amide bonds. The van der Waals surface area contributed by atoms with E-state index in [9.17, 15) is 0 Å². The van der Waals surface area contributed by atoms with Crippen molar-refractivity contribution in [2.75, 3.05) is 11.9 Å². The van der Waals surface area contributed by atoms with Crippen LogP contribution in [-0.4, -0.2) is 6.54 Å². The number of para-hydroxylation sites is 1. The molecule has 1 nitrogen and oxygen atoms in total. The van der Waals surface area contributed by atoms with Crippen molar-refractivity contribution < 1.29 is 0 Å². The number of nitrogens with one attached hydrogen (secondary N) is 1. The Morgan fingerprint density at radius 2 is 2.00 bits per heavy atom. The number of anilines is 1. The van der Waals surface area contributed by atoms with Crippen molar-refractivity contribution in [3.05, 3.63) is 42.5 Å². The van der Waals surface area contributed by atoms with E-state index in [1.54, 1.807) is 0 Å². The van der Waals surface area contributed by atoms with Crippen molar-refractivity contribution >= 4 is 5.69 Å². The number of hydrogen-bond acceptors (Lipinski definition) is 1. The molecule has 0 atom stereocenters. The van der Waals surface area contributed by atoms with Crippen LogP contribution in [0.1, 0.15) is 38.2 Å². The minimum absolute atomic E-state index is 1.08. The van der Waals surface area contributed by atoms with E-state index in [1.165, 1.54) is 30.5 Å². The molecule has 0 spiro atoms. The largest absolute Gasteiger partial charge is 0.385 e. The standard InChI is InChI=1S/C15H23N/c1-3-5-6-7-10-13-16-15-12-9-8-11-14(15)4-2/h3,8-9,11-12,16H,1,4-7,10,13H2,2H3. The van der Waals surface area contributed by atoms with Gasteiger partial charge in [-0.05, 0) is 37.3 Å². The highest BCUT2D eigenvalue weighted by molar-refractivity contribution is 5.50. The number of unbranched alkanes of at least 4 members (excludes halogenated alkanes) is 3. The maximum atomic E-state index is 3.73. The third kappa shape index (κ3) is 4.52. The number of hydrogen-bond donors (Lipinski definition) is 1. The van der Waals surface area contributed by atoms with Gasteiger partial charge in [0.2, 0.25) is 0 Å². The molecule has 16 heavy (non-hydrogen) atoms. The fourth-order valence-corrected chi connectivity index (χ4v) is 1.81. The molecule has 0 aliphatic carbocycles. The summed E-state index contributed by atoms with van der Waals surface area (Å²) in [5.41, 5.74) is 2.71. The van der Waals surface area contributed by atoms with Crippen LogP contribution in [0.2, 0.25) is 0 Å². The average Bonchev–Trinajstić information content (AvgIpc) is 2.34. The molecule has 0 aromatic heterocycles. The molecule has 0 bridgehead atoms. The van der Waals surface area contributed by atoms with Crippen molar-refractivity contribution in [3.8, 4) is 0 Å². The van der Waals surface area contributed by atoms with Gasteiger partial charge in [0.1, 0.15) is 0 Å². The van der Waals surface area contributed by atoms with Crippen LogP contribution in [-0.2, 0) is 6.42 Å². The van der Waals surface area contributed by atoms with Crippen molar-refractivity contribution in [2.24, 2.45) is 0 Å². The highest BCUT2D eigenvalue weighted by Crippen LogP contribution is 2.15. The van der Waals surface area contributed by atoms with Gasteiger partial charge in [-0.2, -0.15) is 0 Å². The summed E-state index contributed by atoms with van der Waals surface area (Å²) in [6.45, 7) is 7.01. The van der Waals surface area contributed by atoms with Crippen LogP contribution >= 0.6 is 0 Å². The molecule has 0 heterocycles. The molecule has 0 radical (unpaired) electrons.